The van der Waals surface area contributed by atoms with E-state index in [1.54, 1.807) is 32.9 Å². The minimum atomic E-state index is -0.515. The highest BCUT2D eigenvalue weighted by molar-refractivity contribution is 5.67. The van der Waals surface area contributed by atoms with E-state index in [1.807, 2.05) is 6.07 Å². The molecule has 0 saturated carbocycles. The quantitative estimate of drug-likeness (QED) is 0.874. The average molecular weight is 236 g/mol. The van der Waals surface area contributed by atoms with Crippen molar-refractivity contribution in [2.45, 2.75) is 39.3 Å². The van der Waals surface area contributed by atoms with Crippen molar-refractivity contribution in [3.63, 3.8) is 0 Å². The van der Waals surface area contributed by atoms with Gasteiger partial charge in [-0.05, 0) is 32.9 Å². The highest BCUT2D eigenvalue weighted by Gasteiger charge is 2.16. The summed E-state index contributed by atoms with van der Waals surface area (Å²) in [7, 11) is 0. The van der Waals surface area contributed by atoms with Crippen molar-refractivity contribution in [2.24, 2.45) is 0 Å². The molecule has 1 heterocycles. The van der Waals surface area contributed by atoms with Crippen molar-refractivity contribution in [1.29, 1.82) is 5.26 Å². The fraction of sp³-hybridized carbons (Fsp3) is 0.500. The molecular formula is C12H16N2O3. The molecule has 1 amide bonds. The molecule has 1 rings (SSSR count). The third-order valence-electron chi connectivity index (χ3n) is 1.78. The Morgan fingerprint density at radius 3 is 2.71 bits per heavy atom. The van der Waals surface area contributed by atoms with Crippen LogP contribution in [0.3, 0.4) is 0 Å². The molecule has 0 aliphatic rings. The van der Waals surface area contributed by atoms with Crippen LogP contribution < -0.4 is 5.32 Å². The van der Waals surface area contributed by atoms with E-state index in [-0.39, 0.29) is 13.0 Å². The van der Waals surface area contributed by atoms with Gasteiger partial charge in [-0.2, -0.15) is 5.26 Å². The summed E-state index contributed by atoms with van der Waals surface area (Å²) in [4.78, 5) is 11.3. The van der Waals surface area contributed by atoms with Gasteiger partial charge in [0.2, 0.25) is 0 Å². The Bertz CT molecular complexity index is 424. The summed E-state index contributed by atoms with van der Waals surface area (Å²) in [5.41, 5.74) is -0.515. The maximum Gasteiger partial charge on any atom is 0.408 e. The first-order chi connectivity index (χ1) is 7.90. The second-order valence-electron chi connectivity index (χ2n) is 4.56. The molecule has 0 spiro atoms. The smallest absolute Gasteiger partial charge is 0.408 e. The normalized spacial score (nSPS) is 10.7. The number of amides is 1. The number of furan rings is 1. The van der Waals surface area contributed by atoms with Crippen LogP contribution in [-0.4, -0.2) is 11.7 Å². The molecule has 0 atom stereocenters. The number of carbonyl (C=O) groups is 1. The summed E-state index contributed by atoms with van der Waals surface area (Å²) in [6.45, 7) is 5.64. The molecule has 92 valence electrons. The molecule has 0 aliphatic heterocycles. The number of alkyl carbamates (subject to hydrolysis) is 1. The minimum absolute atomic E-state index is 0.229. The Kier molecular flexibility index (Phi) is 4.16. The van der Waals surface area contributed by atoms with Crippen molar-refractivity contribution >= 4 is 6.09 Å². The summed E-state index contributed by atoms with van der Waals surface area (Å²) in [5.74, 6) is 1.19. The van der Waals surface area contributed by atoms with Crippen LogP contribution in [0.15, 0.2) is 16.5 Å². The molecule has 0 fully saturated rings. The van der Waals surface area contributed by atoms with E-state index in [4.69, 9.17) is 14.4 Å². The molecule has 5 heteroatoms. The molecule has 0 saturated heterocycles. The van der Waals surface area contributed by atoms with Crippen LogP contribution in [0.1, 0.15) is 32.3 Å². The number of nitrogens with one attached hydrogen (secondary N) is 1. The van der Waals surface area contributed by atoms with Crippen molar-refractivity contribution in [2.75, 3.05) is 0 Å². The van der Waals surface area contributed by atoms with Gasteiger partial charge in [-0.15, -0.1) is 0 Å². The molecule has 1 aromatic heterocycles. The van der Waals surface area contributed by atoms with Gasteiger partial charge in [-0.3, -0.25) is 0 Å². The third-order valence-corrected chi connectivity index (χ3v) is 1.78. The number of hydrogen-bond donors (Lipinski definition) is 1. The first kappa shape index (κ1) is 13.1. The summed E-state index contributed by atoms with van der Waals surface area (Å²) in [6, 6.07) is 5.43. The van der Waals surface area contributed by atoms with Crippen LogP contribution >= 0.6 is 0 Å². The lowest BCUT2D eigenvalue weighted by molar-refractivity contribution is 0.0519. The molecule has 0 bridgehead atoms. The van der Waals surface area contributed by atoms with Gasteiger partial charge in [0.1, 0.15) is 17.1 Å². The predicted octanol–water partition coefficient (Wildman–Crippen LogP) is 2.37. The molecule has 0 aromatic carbocycles. The van der Waals surface area contributed by atoms with Crippen molar-refractivity contribution in [3.05, 3.63) is 23.7 Å². The SMILES string of the molecule is CC(C)(C)OC(=O)NCc1ccc(CC#N)o1. The van der Waals surface area contributed by atoms with Crippen LogP contribution in [0.2, 0.25) is 0 Å². The molecule has 1 aromatic rings. The highest BCUT2D eigenvalue weighted by atomic mass is 16.6. The number of nitrogens with zero attached hydrogens (tertiary/aromatic N) is 1. The van der Waals surface area contributed by atoms with Crippen molar-refractivity contribution in [1.82, 2.24) is 5.32 Å². The Morgan fingerprint density at radius 1 is 1.47 bits per heavy atom. The Balaban J connectivity index is 2.40. The molecule has 1 N–H and O–H groups in total. The van der Waals surface area contributed by atoms with Crippen LogP contribution in [0.4, 0.5) is 4.79 Å². The maximum atomic E-state index is 11.3. The second kappa shape index (κ2) is 5.39. The summed E-state index contributed by atoms with van der Waals surface area (Å²) in [5, 5.41) is 11.0. The lowest BCUT2D eigenvalue weighted by atomic mass is 10.2. The lowest BCUT2D eigenvalue weighted by Gasteiger charge is -2.19. The number of rotatable bonds is 3. The number of ether oxygens (including phenoxy) is 1. The zero-order valence-electron chi connectivity index (χ0n) is 10.2. The van der Waals surface area contributed by atoms with Crippen LogP contribution in [0.5, 0.6) is 0 Å². The topological polar surface area (TPSA) is 75.3 Å². The molecule has 17 heavy (non-hydrogen) atoms. The van der Waals surface area contributed by atoms with Gasteiger partial charge in [0.05, 0.1) is 19.0 Å². The number of nitriles is 1. The van der Waals surface area contributed by atoms with Gasteiger partial charge < -0.3 is 14.5 Å². The molecule has 0 radical (unpaired) electrons. The largest absolute Gasteiger partial charge is 0.463 e. The maximum absolute atomic E-state index is 11.3. The van der Waals surface area contributed by atoms with Crippen molar-refractivity contribution < 1.29 is 13.9 Å². The molecular weight excluding hydrogens is 220 g/mol. The molecule has 0 unspecified atom stereocenters. The zero-order chi connectivity index (χ0) is 12.9. The van der Waals surface area contributed by atoms with Gasteiger partial charge in [0.25, 0.3) is 0 Å². The van der Waals surface area contributed by atoms with Gasteiger partial charge in [-0.1, -0.05) is 0 Å². The van der Waals surface area contributed by atoms with Gasteiger partial charge >= 0.3 is 6.09 Å². The third kappa shape index (κ3) is 5.07. The molecule has 0 aliphatic carbocycles. The van der Waals surface area contributed by atoms with Crippen molar-refractivity contribution in [3.8, 4) is 6.07 Å². The van der Waals surface area contributed by atoms with Gasteiger partial charge in [0.15, 0.2) is 0 Å². The highest BCUT2D eigenvalue weighted by Crippen LogP contribution is 2.09. The first-order valence-corrected chi connectivity index (χ1v) is 5.32. The number of hydrogen-bond acceptors (Lipinski definition) is 4. The zero-order valence-corrected chi connectivity index (χ0v) is 10.2. The summed E-state index contributed by atoms with van der Waals surface area (Å²) < 4.78 is 10.4. The van der Waals surface area contributed by atoms with Crippen LogP contribution in [0.25, 0.3) is 0 Å². The average Bonchev–Trinajstić information content (AvgIpc) is 2.61. The second-order valence-corrected chi connectivity index (χ2v) is 4.56. The monoisotopic (exact) mass is 236 g/mol. The Hall–Kier alpha value is -1.96. The molecule has 5 nitrogen and oxygen atoms in total. The Labute approximate surface area is 100 Å². The van der Waals surface area contributed by atoms with Crippen LogP contribution in [0, 0.1) is 11.3 Å². The predicted molar refractivity (Wildman–Crippen MR) is 61.1 cm³/mol. The van der Waals surface area contributed by atoms with Gasteiger partial charge in [0, 0.05) is 0 Å². The lowest BCUT2D eigenvalue weighted by Crippen LogP contribution is -2.32. The van der Waals surface area contributed by atoms with E-state index in [2.05, 4.69) is 5.32 Å². The van der Waals surface area contributed by atoms with E-state index in [1.165, 1.54) is 0 Å². The minimum Gasteiger partial charge on any atom is -0.463 e. The van der Waals surface area contributed by atoms with E-state index in [0.29, 0.717) is 11.5 Å². The fourth-order valence-corrected chi connectivity index (χ4v) is 1.16. The van der Waals surface area contributed by atoms with Gasteiger partial charge in [-0.25, -0.2) is 4.79 Å². The first-order valence-electron chi connectivity index (χ1n) is 5.32. The van der Waals surface area contributed by atoms with E-state index < -0.39 is 11.7 Å². The van der Waals surface area contributed by atoms with E-state index >= 15 is 0 Å². The van der Waals surface area contributed by atoms with E-state index in [0.717, 1.165) is 0 Å². The summed E-state index contributed by atoms with van der Waals surface area (Å²) in [6.07, 6.45) is -0.261. The fourth-order valence-electron chi connectivity index (χ4n) is 1.16. The Morgan fingerprint density at radius 2 is 2.12 bits per heavy atom. The number of carbonyl (C=O) groups excluding carboxylic acids is 1. The van der Waals surface area contributed by atoms with E-state index in [9.17, 15) is 4.79 Å². The van der Waals surface area contributed by atoms with Crippen LogP contribution in [-0.2, 0) is 17.7 Å². The standard InChI is InChI=1S/C12H16N2O3/c1-12(2,3)17-11(15)14-8-10-5-4-9(16-10)6-7-13/h4-5H,6,8H2,1-3H3,(H,14,15). The summed E-state index contributed by atoms with van der Waals surface area (Å²) >= 11 is 0.